The Hall–Kier alpha value is -3.84. The molecule has 0 atom stereocenters. The molecule has 2 aromatic heterocycles. The first-order valence-electron chi connectivity index (χ1n) is 9.55. The Morgan fingerprint density at radius 2 is 1.74 bits per heavy atom. The van der Waals surface area contributed by atoms with Gasteiger partial charge in [0.15, 0.2) is 5.82 Å². The van der Waals surface area contributed by atoms with Crippen LogP contribution in [0.15, 0.2) is 94.5 Å². The molecule has 4 nitrogen and oxygen atoms in total. The van der Waals surface area contributed by atoms with Gasteiger partial charge in [-0.2, -0.15) is 5.10 Å². The molecule has 0 aliphatic rings. The SMILES string of the molecule is Fc1ccc(N=c2scc(-c3ccccc3)n2N=Cc2c[nH]c3ccccc23)c(F)c1. The number of H-pyrrole nitrogens is 1. The van der Waals surface area contributed by atoms with E-state index in [1.54, 1.807) is 10.9 Å². The van der Waals surface area contributed by atoms with Crippen molar-refractivity contribution in [2.75, 3.05) is 0 Å². The van der Waals surface area contributed by atoms with E-state index in [4.69, 9.17) is 0 Å². The highest BCUT2D eigenvalue weighted by molar-refractivity contribution is 7.07. The maximum Gasteiger partial charge on any atom is 0.211 e. The van der Waals surface area contributed by atoms with Crippen molar-refractivity contribution in [3.63, 3.8) is 0 Å². The molecule has 0 amide bonds. The van der Waals surface area contributed by atoms with Gasteiger partial charge in [0.05, 0.1) is 11.9 Å². The third-order valence-electron chi connectivity index (χ3n) is 4.81. The van der Waals surface area contributed by atoms with Gasteiger partial charge in [-0.05, 0) is 18.2 Å². The van der Waals surface area contributed by atoms with Crippen LogP contribution in [0, 0.1) is 11.6 Å². The molecule has 0 bridgehead atoms. The van der Waals surface area contributed by atoms with Crippen molar-refractivity contribution < 1.29 is 8.78 Å². The number of hydrogen-bond acceptors (Lipinski definition) is 3. The average molecular weight is 430 g/mol. The van der Waals surface area contributed by atoms with Gasteiger partial charge in [0, 0.05) is 39.7 Å². The molecule has 31 heavy (non-hydrogen) atoms. The first kappa shape index (κ1) is 19.1. The monoisotopic (exact) mass is 430 g/mol. The molecule has 0 fully saturated rings. The van der Waals surface area contributed by atoms with Crippen LogP contribution in [0.4, 0.5) is 14.5 Å². The van der Waals surface area contributed by atoms with Crippen LogP contribution in [0.25, 0.3) is 22.2 Å². The second kappa shape index (κ2) is 8.12. The Morgan fingerprint density at radius 3 is 2.58 bits per heavy atom. The van der Waals surface area contributed by atoms with E-state index in [0.29, 0.717) is 4.80 Å². The Morgan fingerprint density at radius 1 is 0.935 bits per heavy atom. The van der Waals surface area contributed by atoms with E-state index >= 15 is 0 Å². The molecule has 0 unspecified atom stereocenters. The number of aromatic nitrogens is 2. The van der Waals surface area contributed by atoms with Crippen LogP contribution >= 0.6 is 11.3 Å². The Bertz CT molecular complexity index is 1460. The van der Waals surface area contributed by atoms with Crippen molar-refractivity contribution in [2.24, 2.45) is 10.1 Å². The standard InChI is InChI=1S/C24H16F2N4S/c25-18-10-11-22(20(26)12-18)29-24-30(23(15-31-24)16-6-2-1-3-7-16)28-14-17-13-27-21-9-5-4-8-19(17)21/h1-15,27H. The minimum Gasteiger partial charge on any atom is -0.361 e. The number of thiazole rings is 1. The van der Waals surface area contributed by atoms with Crippen LogP contribution in [-0.2, 0) is 0 Å². The van der Waals surface area contributed by atoms with E-state index in [0.717, 1.165) is 33.8 Å². The minimum absolute atomic E-state index is 0.0545. The van der Waals surface area contributed by atoms with Gasteiger partial charge in [-0.1, -0.05) is 48.5 Å². The van der Waals surface area contributed by atoms with Crippen molar-refractivity contribution in [3.8, 4) is 11.3 Å². The average Bonchev–Trinajstić information content (AvgIpc) is 3.39. The molecule has 0 radical (unpaired) electrons. The number of halogens is 2. The van der Waals surface area contributed by atoms with Crippen molar-refractivity contribution in [2.45, 2.75) is 0 Å². The molecular formula is C24H16F2N4S. The third kappa shape index (κ3) is 3.83. The second-order valence-electron chi connectivity index (χ2n) is 6.82. The summed E-state index contributed by atoms with van der Waals surface area (Å²) in [6.45, 7) is 0. The highest BCUT2D eigenvalue weighted by atomic mass is 32.1. The topological polar surface area (TPSA) is 45.4 Å². The molecule has 1 N–H and O–H groups in total. The van der Waals surface area contributed by atoms with Gasteiger partial charge in [-0.25, -0.2) is 18.4 Å². The number of aromatic amines is 1. The lowest BCUT2D eigenvalue weighted by Gasteiger charge is -2.03. The van der Waals surface area contributed by atoms with Crippen molar-refractivity contribution in [3.05, 3.63) is 106 Å². The highest BCUT2D eigenvalue weighted by Gasteiger charge is 2.09. The molecule has 0 saturated heterocycles. The van der Waals surface area contributed by atoms with Crippen LogP contribution in [0.5, 0.6) is 0 Å². The van der Waals surface area contributed by atoms with Crippen LogP contribution in [0.1, 0.15) is 5.56 Å². The summed E-state index contributed by atoms with van der Waals surface area (Å²) in [5, 5.41) is 7.64. The van der Waals surface area contributed by atoms with Gasteiger partial charge in [0.25, 0.3) is 0 Å². The minimum atomic E-state index is -0.721. The van der Waals surface area contributed by atoms with E-state index in [1.807, 2.05) is 66.2 Å². The summed E-state index contributed by atoms with van der Waals surface area (Å²) in [7, 11) is 0. The summed E-state index contributed by atoms with van der Waals surface area (Å²) >= 11 is 1.33. The first-order valence-corrected chi connectivity index (χ1v) is 10.4. The zero-order chi connectivity index (χ0) is 21.2. The smallest absolute Gasteiger partial charge is 0.211 e. The number of para-hydroxylation sites is 1. The van der Waals surface area contributed by atoms with Gasteiger partial charge < -0.3 is 4.98 Å². The second-order valence-corrected chi connectivity index (χ2v) is 7.66. The Balaban J connectivity index is 1.66. The van der Waals surface area contributed by atoms with Crippen molar-refractivity contribution in [1.29, 1.82) is 0 Å². The van der Waals surface area contributed by atoms with Crippen LogP contribution in [-0.4, -0.2) is 15.9 Å². The largest absolute Gasteiger partial charge is 0.361 e. The third-order valence-corrected chi connectivity index (χ3v) is 5.63. The van der Waals surface area contributed by atoms with Crippen molar-refractivity contribution >= 4 is 34.1 Å². The van der Waals surface area contributed by atoms with Gasteiger partial charge in [0.2, 0.25) is 4.80 Å². The summed E-state index contributed by atoms with van der Waals surface area (Å²) in [5.41, 5.74) is 3.77. The molecule has 7 heteroatoms. The number of benzene rings is 3. The van der Waals surface area contributed by atoms with Crippen LogP contribution < -0.4 is 4.80 Å². The molecule has 2 heterocycles. The fourth-order valence-corrected chi connectivity index (χ4v) is 4.14. The summed E-state index contributed by atoms with van der Waals surface area (Å²) in [5.74, 6) is -1.36. The van der Waals surface area contributed by atoms with E-state index in [-0.39, 0.29) is 5.69 Å². The maximum atomic E-state index is 14.2. The molecule has 0 spiro atoms. The van der Waals surface area contributed by atoms with E-state index in [2.05, 4.69) is 15.1 Å². The lowest BCUT2D eigenvalue weighted by Crippen LogP contribution is -2.11. The Kier molecular flexibility index (Phi) is 5.01. The van der Waals surface area contributed by atoms with E-state index in [9.17, 15) is 8.78 Å². The van der Waals surface area contributed by atoms with E-state index in [1.165, 1.54) is 23.5 Å². The lowest BCUT2D eigenvalue weighted by molar-refractivity contribution is 0.584. The molecular weight excluding hydrogens is 414 g/mol. The molecule has 0 aliphatic heterocycles. The first-order chi connectivity index (χ1) is 15.2. The predicted molar refractivity (Wildman–Crippen MR) is 121 cm³/mol. The molecule has 3 aromatic carbocycles. The lowest BCUT2D eigenvalue weighted by atomic mass is 10.2. The Labute approximate surface area is 180 Å². The highest BCUT2D eigenvalue weighted by Crippen LogP contribution is 2.22. The summed E-state index contributed by atoms with van der Waals surface area (Å²) < 4.78 is 29.2. The normalized spacial score (nSPS) is 12.3. The molecule has 5 aromatic rings. The number of nitrogens with zero attached hydrogens (tertiary/aromatic N) is 3. The molecule has 152 valence electrons. The zero-order valence-corrected chi connectivity index (χ0v) is 17.0. The van der Waals surface area contributed by atoms with E-state index < -0.39 is 11.6 Å². The fraction of sp³-hybridized carbons (Fsp3) is 0. The summed E-state index contributed by atoms with van der Waals surface area (Å²) in [6.07, 6.45) is 3.64. The number of nitrogens with one attached hydrogen (secondary N) is 1. The zero-order valence-electron chi connectivity index (χ0n) is 16.2. The summed E-state index contributed by atoms with van der Waals surface area (Å²) in [4.78, 5) is 8.11. The molecule has 0 saturated carbocycles. The fourth-order valence-electron chi connectivity index (χ4n) is 3.29. The number of rotatable bonds is 4. The van der Waals surface area contributed by atoms with Gasteiger partial charge in [-0.3, -0.25) is 0 Å². The van der Waals surface area contributed by atoms with Crippen LogP contribution in [0.2, 0.25) is 0 Å². The van der Waals surface area contributed by atoms with Gasteiger partial charge in [0.1, 0.15) is 11.5 Å². The van der Waals surface area contributed by atoms with Crippen LogP contribution in [0.3, 0.4) is 0 Å². The molecule has 0 aliphatic carbocycles. The number of fused-ring (bicyclic) bond motifs is 1. The summed E-state index contributed by atoms with van der Waals surface area (Å²) in [6, 6.07) is 21.1. The molecule has 5 rings (SSSR count). The maximum absolute atomic E-state index is 14.2. The predicted octanol–water partition coefficient (Wildman–Crippen LogP) is 6.09. The van der Waals surface area contributed by atoms with Gasteiger partial charge >= 0.3 is 0 Å². The number of hydrogen-bond donors (Lipinski definition) is 1. The van der Waals surface area contributed by atoms with Gasteiger partial charge in [-0.15, -0.1) is 11.3 Å². The van der Waals surface area contributed by atoms with Crippen molar-refractivity contribution in [1.82, 2.24) is 9.66 Å². The quantitative estimate of drug-likeness (QED) is 0.335.